The zero-order valence-electron chi connectivity index (χ0n) is 8.09. The van der Waals surface area contributed by atoms with Crippen LogP contribution in [0.5, 0.6) is 0 Å². The summed E-state index contributed by atoms with van der Waals surface area (Å²) in [7, 11) is 0. The zero-order valence-corrected chi connectivity index (χ0v) is 8.09. The van der Waals surface area contributed by atoms with Gasteiger partial charge in [-0.2, -0.15) is 0 Å². The van der Waals surface area contributed by atoms with E-state index in [0.717, 1.165) is 25.7 Å². The van der Waals surface area contributed by atoms with Gasteiger partial charge < -0.3 is 4.79 Å². The summed E-state index contributed by atoms with van der Waals surface area (Å²) in [6, 6.07) is 0.233. The van der Waals surface area contributed by atoms with Crippen molar-refractivity contribution in [1.29, 1.82) is 0 Å². The minimum atomic E-state index is -2.51. The van der Waals surface area contributed by atoms with Crippen molar-refractivity contribution >= 4 is 6.29 Å². The van der Waals surface area contributed by atoms with Crippen molar-refractivity contribution in [1.82, 2.24) is 4.90 Å². The molecule has 0 spiro atoms. The van der Waals surface area contributed by atoms with Crippen molar-refractivity contribution in [2.24, 2.45) is 5.92 Å². The highest BCUT2D eigenvalue weighted by molar-refractivity contribution is 5.55. The summed E-state index contributed by atoms with van der Waals surface area (Å²) in [5.41, 5.74) is 0. The molecule has 1 saturated carbocycles. The van der Waals surface area contributed by atoms with Crippen LogP contribution in [0.4, 0.5) is 8.78 Å². The molecule has 14 heavy (non-hydrogen) atoms. The van der Waals surface area contributed by atoms with E-state index in [0.29, 0.717) is 6.42 Å². The van der Waals surface area contributed by atoms with Gasteiger partial charge in [-0.3, -0.25) is 4.90 Å². The molecule has 0 aromatic heterocycles. The minimum absolute atomic E-state index is 0.0212. The maximum atomic E-state index is 13.0. The van der Waals surface area contributed by atoms with Gasteiger partial charge in [0.15, 0.2) is 0 Å². The molecule has 0 unspecified atom stereocenters. The number of piperidine rings is 1. The molecule has 1 aliphatic heterocycles. The molecule has 0 bridgehead atoms. The molecule has 2 aliphatic rings. The van der Waals surface area contributed by atoms with Crippen molar-refractivity contribution in [3.8, 4) is 0 Å². The lowest BCUT2D eigenvalue weighted by molar-refractivity contribution is -0.119. The summed E-state index contributed by atoms with van der Waals surface area (Å²) in [5, 5.41) is 0. The maximum Gasteiger partial charge on any atom is 0.260 e. The van der Waals surface area contributed by atoms with Crippen LogP contribution in [0, 0.1) is 5.92 Å². The maximum absolute atomic E-state index is 13.0. The summed E-state index contributed by atoms with van der Waals surface area (Å²) in [6.07, 6.45) is 3.10. The molecule has 0 N–H and O–H groups in total. The van der Waals surface area contributed by atoms with Crippen LogP contribution in [0.1, 0.15) is 25.7 Å². The Morgan fingerprint density at radius 1 is 1.36 bits per heavy atom. The van der Waals surface area contributed by atoms with E-state index in [1.54, 1.807) is 0 Å². The molecule has 2 rings (SSSR count). The molecule has 0 atom stereocenters. The fourth-order valence-corrected chi connectivity index (χ4v) is 2.35. The average Bonchev–Trinajstić information content (AvgIpc) is 2.00. The lowest BCUT2D eigenvalue weighted by atomic mass is 9.79. The molecule has 0 amide bonds. The largest absolute Gasteiger partial charge is 0.303 e. The Labute approximate surface area is 82.3 Å². The Morgan fingerprint density at radius 2 is 2.07 bits per heavy atom. The number of hydrogen-bond donors (Lipinski definition) is 0. The number of likely N-dealkylation sites (tertiary alicyclic amines) is 1. The van der Waals surface area contributed by atoms with Gasteiger partial charge in [-0.25, -0.2) is 8.78 Å². The molecular formula is C10H15F2NO. The predicted molar refractivity (Wildman–Crippen MR) is 48.3 cm³/mol. The predicted octanol–water partition coefficient (Wildman–Crippen LogP) is 1.70. The second kappa shape index (κ2) is 3.57. The van der Waals surface area contributed by atoms with E-state index in [1.807, 2.05) is 4.90 Å². The number of halogens is 2. The van der Waals surface area contributed by atoms with E-state index in [1.165, 1.54) is 0 Å². The Bertz CT molecular complexity index is 226. The van der Waals surface area contributed by atoms with E-state index < -0.39 is 5.92 Å². The fourth-order valence-electron chi connectivity index (χ4n) is 2.35. The minimum Gasteiger partial charge on any atom is -0.303 e. The first-order valence-electron chi connectivity index (χ1n) is 5.18. The van der Waals surface area contributed by atoms with Gasteiger partial charge in [-0.1, -0.05) is 0 Å². The number of carbonyl (C=O) groups excluding carboxylic acids is 1. The van der Waals surface area contributed by atoms with Gasteiger partial charge in [0.05, 0.1) is 6.54 Å². The monoisotopic (exact) mass is 203 g/mol. The van der Waals surface area contributed by atoms with Crippen molar-refractivity contribution in [3.05, 3.63) is 0 Å². The smallest absolute Gasteiger partial charge is 0.260 e. The van der Waals surface area contributed by atoms with Gasteiger partial charge in [-0.05, 0) is 25.8 Å². The van der Waals surface area contributed by atoms with Crippen molar-refractivity contribution in [2.45, 2.75) is 37.6 Å². The molecule has 1 aliphatic carbocycles. The second-order valence-electron chi connectivity index (χ2n) is 4.45. The van der Waals surface area contributed by atoms with Gasteiger partial charge in [0.1, 0.15) is 6.29 Å². The molecule has 2 fully saturated rings. The fraction of sp³-hybridized carbons (Fsp3) is 0.900. The topological polar surface area (TPSA) is 20.3 Å². The van der Waals surface area contributed by atoms with Crippen LogP contribution in [0.3, 0.4) is 0 Å². The molecule has 0 radical (unpaired) electrons. The third kappa shape index (κ3) is 1.95. The van der Waals surface area contributed by atoms with Gasteiger partial charge in [0, 0.05) is 18.4 Å². The summed E-state index contributed by atoms with van der Waals surface area (Å²) in [6.45, 7) is 0.662. The third-order valence-corrected chi connectivity index (χ3v) is 3.28. The number of nitrogens with zero attached hydrogens (tertiary/aromatic N) is 1. The molecule has 0 aromatic rings. The van der Waals surface area contributed by atoms with Gasteiger partial charge in [0.25, 0.3) is 5.92 Å². The molecule has 1 saturated heterocycles. The summed E-state index contributed by atoms with van der Waals surface area (Å²) in [4.78, 5) is 12.2. The standard InChI is InChI=1S/C10H15F2NO/c11-10(12)2-1-3-13(7-10)9-4-8(5-9)6-14/h6,8-9H,1-5,7H2. The Hall–Kier alpha value is -0.510. The quantitative estimate of drug-likeness (QED) is 0.636. The van der Waals surface area contributed by atoms with E-state index >= 15 is 0 Å². The van der Waals surface area contributed by atoms with E-state index in [2.05, 4.69) is 0 Å². The van der Waals surface area contributed by atoms with Gasteiger partial charge in [-0.15, -0.1) is 0 Å². The number of alkyl halides is 2. The van der Waals surface area contributed by atoms with E-state index in [-0.39, 0.29) is 24.9 Å². The lowest BCUT2D eigenvalue weighted by Crippen LogP contribution is -2.52. The third-order valence-electron chi connectivity index (χ3n) is 3.28. The number of carbonyl (C=O) groups is 1. The first kappa shape index (κ1) is 10.0. The average molecular weight is 203 g/mol. The van der Waals surface area contributed by atoms with Gasteiger partial charge in [0.2, 0.25) is 0 Å². The van der Waals surface area contributed by atoms with Gasteiger partial charge >= 0.3 is 0 Å². The second-order valence-corrected chi connectivity index (χ2v) is 4.45. The summed E-state index contributed by atoms with van der Waals surface area (Å²) in [5.74, 6) is -2.39. The summed E-state index contributed by atoms with van der Waals surface area (Å²) >= 11 is 0. The highest BCUT2D eigenvalue weighted by Gasteiger charge is 2.41. The molecule has 80 valence electrons. The Morgan fingerprint density at radius 3 is 2.64 bits per heavy atom. The molecule has 4 heteroatoms. The Balaban J connectivity index is 1.84. The highest BCUT2D eigenvalue weighted by atomic mass is 19.3. The van der Waals surface area contributed by atoms with Crippen molar-refractivity contribution < 1.29 is 13.6 Å². The first-order valence-corrected chi connectivity index (χ1v) is 5.18. The van der Waals surface area contributed by atoms with Crippen LogP contribution < -0.4 is 0 Å². The normalized spacial score (nSPS) is 37.6. The molecule has 2 nitrogen and oxygen atoms in total. The van der Waals surface area contributed by atoms with Crippen LogP contribution in [0.25, 0.3) is 0 Å². The SMILES string of the molecule is O=CC1CC(N2CCCC(F)(F)C2)C1. The zero-order chi connectivity index (χ0) is 10.2. The number of hydrogen-bond acceptors (Lipinski definition) is 2. The molecular weight excluding hydrogens is 188 g/mol. The van der Waals surface area contributed by atoms with Crippen molar-refractivity contribution in [2.75, 3.05) is 13.1 Å². The Kier molecular flexibility index (Phi) is 2.56. The van der Waals surface area contributed by atoms with Crippen molar-refractivity contribution in [3.63, 3.8) is 0 Å². The van der Waals surface area contributed by atoms with Crippen LogP contribution >= 0.6 is 0 Å². The van der Waals surface area contributed by atoms with E-state index in [4.69, 9.17) is 0 Å². The lowest BCUT2D eigenvalue weighted by Gasteiger charge is -2.44. The highest BCUT2D eigenvalue weighted by Crippen LogP contribution is 2.35. The summed E-state index contributed by atoms with van der Waals surface area (Å²) < 4.78 is 26.1. The first-order chi connectivity index (χ1) is 6.61. The van der Waals surface area contributed by atoms with Crippen LogP contribution in [0.2, 0.25) is 0 Å². The van der Waals surface area contributed by atoms with Crippen LogP contribution in [-0.2, 0) is 4.79 Å². The number of rotatable bonds is 2. The van der Waals surface area contributed by atoms with Crippen LogP contribution in [-0.4, -0.2) is 36.2 Å². The van der Waals surface area contributed by atoms with E-state index in [9.17, 15) is 13.6 Å². The molecule has 0 aromatic carbocycles. The van der Waals surface area contributed by atoms with Crippen LogP contribution in [0.15, 0.2) is 0 Å². The molecule has 1 heterocycles. The number of aldehydes is 1.